The highest BCUT2D eigenvalue weighted by Crippen LogP contribution is 2.29. The van der Waals surface area contributed by atoms with Crippen LogP contribution in [0, 0.1) is 0 Å². The van der Waals surface area contributed by atoms with Gasteiger partial charge in [-0.3, -0.25) is 9.59 Å². The Morgan fingerprint density at radius 2 is 1.45 bits per heavy atom. The molecule has 0 radical (unpaired) electrons. The summed E-state index contributed by atoms with van der Waals surface area (Å²) in [6.45, 7) is 5.17. The number of fused-ring (bicyclic) bond motifs is 1. The fourth-order valence-corrected chi connectivity index (χ4v) is 2.60. The van der Waals surface area contributed by atoms with Crippen LogP contribution in [0.2, 0.25) is 0 Å². The minimum Gasteiger partial charge on any atom is -0.263 e. The van der Waals surface area contributed by atoms with Crippen LogP contribution in [-0.4, -0.2) is 28.3 Å². The molecule has 112 valence electrons. The molecule has 22 heavy (non-hydrogen) atoms. The van der Waals surface area contributed by atoms with Gasteiger partial charge in [0.05, 0.1) is 5.69 Å². The van der Waals surface area contributed by atoms with Crippen molar-refractivity contribution < 1.29 is 14.4 Å². The zero-order valence-electron chi connectivity index (χ0n) is 12.7. The molecule has 0 saturated carbocycles. The molecule has 4 amide bonds. The maximum atomic E-state index is 12.5. The van der Waals surface area contributed by atoms with Gasteiger partial charge in [0, 0.05) is 5.54 Å². The van der Waals surface area contributed by atoms with E-state index in [9.17, 15) is 14.4 Å². The summed E-state index contributed by atoms with van der Waals surface area (Å²) in [4.78, 5) is 38.8. The van der Waals surface area contributed by atoms with Crippen molar-refractivity contribution in [2.45, 2.75) is 26.3 Å². The lowest BCUT2D eigenvalue weighted by Gasteiger charge is -2.28. The van der Waals surface area contributed by atoms with Crippen LogP contribution in [-0.2, 0) is 9.59 Å². The molecular formula is C17H16N2O3. The van der Waals surface area contributed by atoms with Gasteiger partial charge in [-0.2, -0.15) is 0 Å². The number of nitrogens with zero attached hydrogens (tertiary/aromatic N) is 2. The Balaban J connectivity index is 2.08. The number of carbonyl (C=O) groups excluding carboxylic acids is 3. The monoisotopic (exact) mass is 296 g/mol. The molecule has 0 aromatic heterocycles. The van der Waals surface area contributed by atoms with Gasteiger partial charge in [0.2, 0.25) is 0 Å². The van der Waals surface area contributed by atoms with Crippen LogP contribution in [0.1, 0.15) is 20.8 Å². The standard InChI is InChI=1S/C17H16N2O3/c1-17(2,3)19-15(21)14(20)18(16(19)22)13-9-8-11-6-4-5-7-12(11)10-13/h4-10H,1-3H3. The van der Waals surface area contributed by atoms with E-state index < -0.39 is 23.4 Å². The van der Waals surface area contributed by atoms with Gasteiger partial charge in [0.1, 0.15) is 0 Å². The average Bonchev–Trinajstić information content (AvgIpc) is 2.68. The summed E-state index contributed by atoms with van der Waals surface area (Å²) < 4.78 is 0. The van der Waals surface area contributed by atoms with E-state index in [4.69, 9.17) is 0 Å². The Kier molecular flexibility index (Phi) is 3.02. The molecule has 5 nitrogen and oxygen atoms in total. The zero-order chi connectivity index (χ0) is 16.1. The van der Waals surface area contributed by atoms with Crippen LogP contribution >= 0.6 is 0 Å². The summed E-state index contributed by atoms with van der Waals surface area (Å²) in [5, 5.41) is 1.91. The molecule has 2 aromatic rings. The second kappa shape index (κ2) is 4.66. The van der Waals surface area contributed by atoms with Gasteiger partial charge in [-0.1, -0.05) is 30.3 Å². The normalized spacial score (nSPS) is 16.0. The number of amides is 4. The van der Waals surface area contributed by atoms with Crippen LogP contribution in [0.15, 0.2) is 42.5 Å². The minimum atomic E-state index is -0.810. The third-order valence-electron chi connectivity index (χ3n) is 3.63. The van der Waals surface area contributed by atoms with Crippen LogP contribution in [0.4, 0.5) is 10.5 Å². The molecule has 1 heterocycles. The van der Waals surface area contributed by atoms with Gasteiger partial charge in [-0.15, -0.1) is 0 Å². The van der Waals surface area contributed by atoms with Gasteiger partial charge in [-0.05, 0) is 43.7 Å². The summed E-state index contributed by atoms with van der Waals surface area (Å²) in [5.41, 5.74) is -0.330. The number of benzene rings is 2. The Morgan fingerprint density at radius 3 is 2.05 bits per heavy atom. The number of carbonyl (C=O) groups is 3. The smallest absolute Gasteiger partial charge is 0.263 e. The second-order valence-corrected chi connectivity index (χ2v) is 6.27. The fourth-order valence-electron chi connectivity index (χ4n) is 2.60. The van der Waals surface area contributed by atoms with Crippen LogP contribution in [0.5, 0.6) is 0 Å². The number of rotatable bonds is 1. The maximum absolute atomic E-state index is 12.5. The molecule has 0 aliphatic carbocycles. The number of hydrogen-bond acceptors (Lipinski definition) is 3. The van der Waals surface area contributed by atoms with Gasteiger partial charge in [0.15, 0.2) is 0 Å². The lowest BCUT2D eigenvalue weighted by molar-refractivity contribution is -0.141. The lowest BCUT2D eigenvalue weighted by atomic mass is 10.1. The summed E-state index contributed by atoms with van der Waals surface area (Å²) in [7, 11) is 0. The first kappa shape index (κ1) is 14.3. The molecule has 1 fully saturated rings. The Hall–Kier alpha value is -2.69. The number of imide groups is 2. The van der Waals surface area contributed by atoms with Crippen molar-refractivity contribution in [1.29, 1.82) is 0 Å². The lowest BCUT2D eigenvalue weighted by Crippen LogP contribution is -2.46. The number of anilines is 1. The summed E-state index contributed by atoms with van der Waals surface area (Å²) in [6.07, 6.45) is 0. The van der Waals surface area contributed by atoms with Crippen molar-refractivity contribution in [3.05, 3.63) is 42.5 Å². The van der Waals surface area contributed by atoms with E-state index in [0.29, 0.717) is 5.69 Å². The highest BCUT2D eigenvalue weighted by Gasteiger charge is 2.49. The van der Waals surface area contributed by atoms with Crippen LogP contribution in [0.25, 0.3) is 10.8 Å². The van der Waals surface area contributed by atoms with E-state index >= 15 is 0 Å². The first-order valence-corrected chi connectivity index (χ1v) is 7.02. The first-order chi connectivity index (χ1) is 10.3. The third-order valence-corrected chi connectivity index (χ3v) is 3.63. The summed E-state index contributed by atoms with van der Waals surface area (Å²) in [6, 6.07) is 12.3. The Labute approximate surface area is 128 Å². The molecule has 2 aromatic carbocycles. The van der Waals surface area contributed by atoms with Gasteiger partial charge < -0.3 is 0 Å². The van der Waals surface area contributed by atoms with Gasteiger partial charge in [-0.25, -0.2) is 14.6 Å². The summed E-state index contributed by atoms with van der Waals surface area (Å²) in [5.74, 6) is -1.60. The maximum Gasteiger partial charge on any atom is 0.339 e. The Morgan fingerprint density at radius 1 is 0.818 bits per heavy atom. The van der Waals surface area contributed by atoms with E-state index in [-0.39, 0.29) is 0 Å². The van der Waals surface area contributed by atoms with Crippen molar-refractivity contribution in [3.8, 4) is 0 Å². The molecule has 3 rings (SSSR count). The molecule has 0 atom stereocenters. The second-order valence-electron chi connectivity index (χ2n) is 6.27. The topological polar surface area (TPSA) is 57.7 Å². The minimum absolute atomic E-state index is 0.411. The van der Waals surface area contributed by atoms with Gasteiger partial charge in [0.25, 0.3) is 0 Å². The predicted molar refractivity (Wildman–Crippen MR) is 83.4 cm³/mol. The first-order valence-electron chi connectivity index (χ1n) is 7.02. The van der Waals surface area contributed by atoms with E-state index in [1.54, 1.807) is 32.9 Å². The van der Waals surface area contributed by atoms with Crippen LogP contribution < -0.4 is 4.90 Å². The van der Waals surface area contributed by atoms with Crippen molar-refractivity contribution in [2.24, 2.45) is 0 Å². The summed E-state index contributed by atoms with van der Waals surface area (Å²) >= 11 is 0. The molecule has 0 N–H and O–H groups in total. The fraction of sp³-hybridized carbons (Fsp3) is 0.235. The van der Waals surface area contributed by atoms with E-state index in [1.165, 1.54) is 0 Å². The molecule has 1 saturated heterocycles. The highest BCUT2D eigenvalue weighted by atomic mass is 16.2. The number of urea groups is 1. The molecule has 1 aliphatic rings. The Bertz CT molecular complexity index is 805. The van der Waals surface area contributed by atoms with Gasteiger partial charge >= 0.3 is 17.8 Å². The van der Waals surface area contributed by atoms with Crippen LogP contribution in [0.3, 0.4) is 0 Å². The predicted octanol–water partition coefficient (Wildman–Crippen LogP) is 2.93. The van der Waals surface area contributed by atoms with E-state index in [1.807, 2.05) is 30.3 Å². The highest BCUT2D eigenvalue weighted by molar-refractivity contribution is 6.53. The van der Waals surface area contributed by atoms with Crippen molar-refractivity contribution in [2.75, 3.05) is 4.90 Å². The van der Waals surface area contributed by atoms with Crippen molar-refractivity contribution in [3.63, 3.8) is 0 Å². The quantitative estimate of drug-likeness (QED) is 0.600. The zero-order valence-corrected chi connectivity index (χ0v) is 12.7. The largest absolute Gasteiger partial charge is 0.339 e. The molecule has 1 aliphatic heterocycles. The molecule has 0 bridgehead atoms. The van der Waals surface area contributed by atoms with E-state index in [0.717, 1.165) is 20.6 Å². The molecular weight excluding hydrogens is 280 g/mol. The van der Waals surface area contributed by atoms with Crippen molar-refractivity contribution in [1.82, 2.24) is 4.90 Å². The average molecular weight is 296 g/mol. The van der Waals surface area contributed by atoms with E-state index in [2.05, 4.69) is 0 Å². The number of hydrogen-bond donors (Lipinski definition) is 0. The molecule has 5 heteroatoms. The molecule has 0 unspecified atom stereocenters. The SMILES string of the molecule is CC(C)(C)N1C(=O)C(=O)N(c2ccc3ccccc3c2)C1=O. The molecule has 0 spiro atoms. The van der Waals surface area contributed by atoms with Crippen molar-refractivity contribution >= 4 is 34.3 Å². The third kappa shape index (κ3) is 2.06.